The maximum absolute atomic E-state index is 12.8. The second-order valence-corrected chi connectivity index (χ2v) is 5.60. The van der Waals surface area contributed by atoms with Crippen LogP contribution in [0.1, 0.15) is 41.6 Å². The highest BCUT2D eigenvalue weighted by Gasteiger charge is 2.15. The summed E-state index contributed by atoms with van der Waals surface area (Å²) in [5, 5.41) is 0.360. The Kier molecular flexibility index (Phi) is 4.65. The average molecular weight is 341 g/mol. The van der Waals surface area contributed by atoms with Gasteiger partial charge in [-0.1, -0.05) is 6.92 Å². The van der Waals surface area contributed by atoms with Gasteiger partial charge in [-0.25, -0.2) is 9.78 Å². The summed E-state index contributed by atoms with van der Waals surface area (Å²) in [5.41, 5.74) is 1.11. The SMILES string of the molecule is CCOC(=O)c1cc2c(=O)n(Cc3ncc(CC)o3)ccc2nc1C. The van der Waals surface area contributed by atoms with Crippen LogP contribution < -0.4 is 5.56 Å². The third-order valence-electron chi connectivity index (χ3n) is 3.90. The summed E-state index contributed by atoms with van der Waals surface area (Å²) in [4.78, 5) is 33.3. The fourth-order valence-electron chi connectivity index (χ4n) is 2.58. The Hall–Kier alpha value is -2.96. The van der Waals surface area contributed by atoms with E-state index in [9.17, 15) is 9.59 Å². The molecule has 3 heterocycles. The zero-order chi connectivity index (χ0) is 18.0. The van der Waals surface area contributed by atoms with Gasteiger partial charge in [-0.3, -0.25) is 9.78 Å². The monoisotopic (exact) mass is 341 g/mol. The van der Waals surface area contributed by atoms with Crippen LogP contribution in [-0.4, -0.2) is 27.1 Å². The Morgan fingerprint density at radius 1 is 1.36 bits per heavy atom. The molecule has 0 saturated carbocycles. The van der Waals surface area contributed by atoms with Crippen molar-refractivity contribution in [1.29, 1.82) is 0 Å². The quantitative estimate of drug-likeness (QED) is 0.663. The van der Waals surface area contributed by atoms with E-state index in [2.05, 4.69) is 9.97 Å². The van der Waals surface area contributed by atoms with Crippen LogP contribution in [-0.2, 0) is 17.7 Å². The summed E-state index contributed by atoms with van der Waals surface area (Å²) in [6.45, 7) is 5.90. The van der Waals surface area contributed by atoms with Crippen molar-refractivity contribution in [1.82, 2.24) is 14.5 Å². The molecule has 0 N–H and O–H groups in total. The van der Waals surface area contributed by atoms with Gasteiger partial charge in [0.1, 0.15) is 12.3 Å². The highest BCUT2D eigenvalue weighted by Crippen LogP contribution is 2.15. The van der Waals surface area contributed by atoms with Gasteiger partial charge in [0.05, 0.1) is 35.0 Å². The number of ether oxygens (including phenoxy) is 1. The number of rotatable bonds is 5. The fraction of sp³-hybridized carbons (Fsp3) is 0.333. The van der Waals surface area contributed by atoms with Gasteiger partial charge in [-0.2, -0.15) is 0 Å². The first-order valence-electron chi connectivity index (χ1n) is 8.15. The summed E-state index contributed by atoms with van der Waals surface area (Å²) < 4.78 is 12.1. The minimum absolute atomic E-state index is 0.220. The summed E-state index contributed by atoms with van der Waals surface area (Å²) in [6.07, 6.45) is 4.05. The summed E-state index contributed by atoms with van der Waals surface area (Å²) >= 11 is 0. The van der Waals surface area contributed by atoms with E-state index in [1.165, 1.54) is 4.57 Å². The molecule has 3 aromatic rings. The van der Waals surface area contributed by atoms with Crippen LogP contribution in [0.2, 0.25) is 0 Å². The predicted octanol–water partition coefficient (Wildman–Crippen LogP) is 2.48. The number of aryl methyl sites for hydroxylation is 2. The van der Waals surface area contributed by atoms with E-state index in [0.29, 0.717) is 28.1 Å². The smallest absolute Gasteiger partial charge is 0.339 e. The highest BCUT2D eigenvalue weighted by atomic mass is 16.5. The number of carbonyl (C=O) groups excluding carboxylic acids is 1. The zero-order valence-electron chi connectivity index (χ0n) is 14.4. The van der Waals surface area contributed by atoms with Crippen LogP contribution >= 0.6 is 0 Å². The van der Waals surface area contributed by atoms with E-state index in [1.54, 1.807) is 38.4 Å². The minimum atomic E-state index is -0.482. The number of aromatic nitrogens is 3. The number of nitrogens with zero attached hydrogens (tertiary/aromatic N) is 3. The van der Waals surface area contributed by atoms with E-state index >= 15 is 0 Å². The molecule has 0 bridgehead atoms. The Bertz CT molecular complexity index is 988. The van der Waals surface area contributed by atoms with Crippen molar-refractivity contribution in [2.24, 2.45) is 0 Å². The van der Waals surface area contributed by atoms with Crippen molar-refractivity contribution >= 4 is 16.9 Å². The standard InChI is InChI=1S/C18H19N3O4/c1-4-12-9-19-16(25-12)10-21-7-6-15-14(17(21)22)8-13(11(3)20-15)18(23)24-5-2/h6-9H,4-5,10H2,1-3H3. The normalized spacial score (nSPS) is 11.0. The second-order valence-electron chi connectivity index (χ2n) is 5.60. The van der Waals surface area contributed by atoms with Gasteiger partial charge in [0.15, 0.2) is 0 Å². The molecule has 0 aliphatic heterocycles. The number of fused-ring (bicyclic) bond motifs is 1. The number of esters is 1. The molecule has 0 fully saturated rings. The van der Waals surface area contributed by atoms with E-state index in [0.717, 1.165) is 12.2 Å². The van der Waals surface area contributed by atoms with Crippen LogP contribution in [0.15, 0.2) is 33.7 Å². The van der Waals surface area contributed by atoms with Gasteiger partial charge in [0.25, 0.3) is 5.56 Å². The Balaban J connectivity index is 2.04. The number of hydrogen-bond acceptors (Lipinski definition) is 6. The summed E-state index contributed by atoms with van der Waals surface area (Å²) in [7, 11) is 0. The van der Waals surface area contributed by atoms with E-state index in [-0.39, 0.29) is 18.7 Å². The molecule has 7 nitrogen and oxygen atoms in total. The van der Waals surface area contributed by atoms with Crippen molar-refractivity contribution in [3.8, 4) is 0 Å². The first-order valence-corrected chi connectivity index (χ1v) is 8.15. The van der Waals surface area contributed by atoms with E-state index < -0.39 is 5.97 Å². The second kappa shape index (κ2) is 6.88. The molecule has 0 unspecified atom stereocenters. The van der Waals surface area contributed by atoms with Crippen molar-refractivity contribution in [3.05, 3.63) is 57.8 Å². The van der Waals surface area contributed by atoms with Crippen molar-refractivity contribution in [2.75, 3.05) is 6.61 Å². The van der Waals surface area contributed by atoms with Gasteiger partial charge in [0.2, 0.25) is 5.89 Å². The van der Waals surface area contributed by atoms with Gasteiger partial charge >= 0.3 is 5.97 Å². The first-order chi connectivity index (χ1) is 12.0. The van der Waals surface area contributed by atoms with E-state index in [4.69, 9.17) is 9.15 Å². The van der Waals surface area contributed by atoms with E-state index in [1.807, 2.05) is 6.92 Å². The molecular weight excluding hydrogens is 322 g/mol. The van der Waals surface area contributed by atoms with Gasteiger partial charge in [-0.05, 0) is 26.0 Å². The molecule has 0 aliphatic rings. The maximum Gasteiger partial charge on any atom is 0.339 e. The van der Waals surface area contributed by atoms with Crippen molar-refractivity contribution in [2.45, 2.75) is 33.7 Å². The lowest BCUT2D eigenvalue weighted by Gasteiger charge is -2.08. The molecule has 0 aliphatic carbocycles. The highest BCUT2D eigenvalue weighted by molar-refractivity contribution is 5.94. The molecule has 0 atom stereocenters. The summed E-state index contributed by atoms with van der Waals surface area (Å²) in [6, 6.07) is 3.28. The predicted molar refractivity (Wildman–Crippen MR) is 91.7 cm³/mol. The zero-order valence-corrected chi connectivity index (χ0v) is 14.4. The molecular formula is C18H19N3O4. The number of pyridine rings is 2. The third kappa shape index (κ3) is 3.31. The van der Waals surface area contributed by atoms with Crippen LogP contribution in [0.3, 0.4) is 0 Å². The average Bonchev–Trinajstić information content (AvgIpc) is 3.05. The topological polar surface area (TPSA) is 87.2 Å². The van der Waals surface area contributed by atoms with Crippen molar-refractivity contribution in [3.63, 3.8) is 0 Å². The summed E-state index contributed by atoms with van der Waals surface area (Å²) in [5.74, 6) is 0.749. The Labute approximate surface area is 144 Å². The lowest BCUT2D eigenvalue weighted by Crippen LogP contribution is -2.21. The molecule has 3 rings (SSSR count). The number of hydrogen-bond donors (Lipinski definition) is 0. The van der Waals surface area contributed by atoms with Crippen molar-refractivity contribution < 1.29 is 13.9 Å². The number of oxazole rings is 1. The van der Waals surface area contributed by atoms with Gasteiger partial charge in [-0.15, -0.1) is 0 Å². The molecule has 0 amide bonds. The molecule has 3 aromatic heterocycles. The molecule has 0 radical (unpaired) electrons. The third-order valence-corrected chi connectivity index (χ3v) is 3.90. The molecule has 0 aromatic carbocycles. The van der Waals surface area contributed by atoms with Crippen LogP contribution in [0.5, 0.6) is 0 Å². The largest absolute Gasteiger partial charge is 0.462 e. The fourth-order valence-corrected chi connectivity index (χ4v) is 2.58. The first kappa shape index (κ1) is 16.9. The lowest BCUT2D eigenvalue weighted by molar-refractivity contribution is 0.0525. The maximum atomic E-state index is 12.8. The lowest BCUT2D eigenvalue weighted by atomic mass is 10.1. The molecule has 7 heteroatoms. The molecule has 130 valence electrons. The van der Waals surface area contributed by atoms with Gasteiger partial charge < -0.3 is 13.7 Å². The number of carbonyl (C=O) groups is 1. The molecule has 0 saturated heterocycles. The molecule has 0 spiro atoms. The minimum Gasteiger partial charge on any atom is -0.462 e. The van der Waals surface area contributed by atoms with Crippen LogP contribution in [0.25, 0.3) is 10.9 Å². The molecule has 25 heavy (non-hydrogen) atoms. The Morgan fingerprint density at radius 3 is 2.84 bits per heavy atom. The van der Waals surface area contributed by atoms with Crippen LogP contribution in [0, 0.1) is 6.92 Å². The van der Waals surface area contributed by atoms with Gasteiger partial charge in [0, 0.05) is 12.6 Å². The Morgan fingerprint density at radius 2 is 2.16 bits per heavy atom. The van der Waals surface area contributed by atoms with Crippen LogP contribution in [0.4, 0.5) is 0 Å².